The van der Waals surface area contributed by atoms with Crippen molar-refractivity contribution >= 4 is 29.9 Å². The molecule has 2 rings (SSSR count). The third kappa shape index (κ3) is 6.44. The Bertz CT molecular complexity index is 610. The van der Waals surface area contributed by atoms with E-state index in [1.54, 1.807) is 12.1 Å². The number of piperidine rings is 1. The van der Waals surface area contributed by atoms with Crippen LogP contribution < -0.4 is 5.32 Å². The lowest BCUT2D eigenvalue weighted by molar-refractivity contribution is 0.0263. The first-order valence-electron chi connectivity index (χ1n) is 8.51. The molecule has 0 saturated carbocycles. The summed E-state index contributed by atoms with van der Waals surface area (Å²) in [6, 6.07) is 6.44. The Balaban J connectivity index is 0.00000312. The fourth-order valence-electron chi connectivity index (χ4n) is 2.80. The molecule has 1 saturated heterocycles. The molecule has 0 amide bonds. The van der Waals surface area contributed by atoms with Crippen molar-refractivity contribution in [1.82, 2.24) is 10.2 Å². The minimum Gasteiger partial charge on any atom is -0.378 e. The van der Waals surface area contributed by atoms with Crippen LogP contribution in [0.15, 0.2) is 23.2 Å². The average molecular weight is 460 g/mol. The highest BCUT2D eigenvalue weighted by molar-refractivity contribution is 14.0. The van der Waals surface area contributed by atoms with Crippen LogP contribution in [0, 0.1) is 17.1 Å². The van der Waals surface area contributed by atoms with Crippen LogP contribution in [0.1, 0.15) is 37.8 Å². The number of nitrogens with zero attached hydrogens (tertiary/aromatic N) is 3. The van der Waals surface area contributed by atoms with Crippen LogP contribution in [0.4, 0.5) is 4.39 Å². The average Bonchev–Trinajstić information content (AvgIpc) is 2.60. The number of guanidine groups is 1. The second-order valence-electron chi connectivity index (χ2n) is 5.73. The maximum absolute atomic E-state index is 14.0. The highest BCUT2D eigenvalue weighted by Gasteiger charge is 2.21. The van der Waals surface area contributed by atoms with Crippen LogP contribution in [0.2, 0.25) is 0 Å². The van der Waals surface area contributed by atoms with Crippen LogP contribution in [-0.2, 0) is 11.3 Å². The van der Waals surface area contributed by atoms with Crippen LogP contribution >= 0.6 is 24.0 Å². The molecule has 5 nitrogen and oxygen atoms in total. The maximum atomic E-state index is 14.0. The fraction of sp³-hybridized carbons (Fsp3) is 0.556. The van der Waals surface area contributed by atoms with Crippen molar-refractivity contribution in [2.75, 3.05) is 26.2 Å². The van der Waals surface area contributed by atoms with Gasteiger partial charge in [0.25, 0.3) is 0 Å². The van der Waals surface area contributed by atoms with E-state index in [4.69, 9.17) is 10.00 Å². The molecule has 25 heavy (non-hydrogen) atoms. The number of aliphatic imine (C=N–C) groups is 1. The number of rotatable bonds is 5. The van der Waals surface area contributed by atoms with Gasteiger partial charge in [-0.3, -0.25) is 0 Å². The summed E-state index contributed by atoms with van der Waals surface area (Å²) in [6.45, 7) is 7.57. The molecule has 0 radical (unpaired) electrons. The van der Waals surface area contributed by atoms with E-state index in [0.717, 1.165) is 45.0 Å². The van der Waals surface area contributed by atoms with Gasteiger partial charge in [0.15, 0.2) is 5.96 Å². The van der Waals surface area contributed by atoms with Crippen molar-refractivity contribution in [3.8, 4) is 6.07 Å². The van der Waals surface area contributed by atoms with Gasteiger partial charge >= 0.3 is 0 Å². The molecular formula is C18H26FIN4O. The van der Waals surface area contributed by atoms with Gasteiger partial charge in [-0.25, -0.2) is 9.38 Å². The van der Waals surface area contributed by atoms with E-state index in [1.807, 2.05) is 19.9 Å². The molecule has 1 aromatic rings. The van der Waals surface area contributed by atoms with E-state index in [0.29, 0.717) is 17.2 Å². The normalized spacial score (nSPS) is 15.4. The largest absolute Gasteiger partial charge is 0.378 e. The monoisotopic (exact) mass is 460 g/mol. The Morgan fingerprint density at radius 1 is 1.40 bits per heavy atom. The molecule has 0 aliphatic carbocycles. The molecule has 1 heterocycles. The lowest BCUT2D eigenvalue weighted by atomic mass is 10.1. The second-order valence-corrected chi connectivity index (χ2v) is 5.73. The quantitative estimate of drug-likeness (QED) is 0.416. The number of nitriles is 1. The maximum Gasteiger partial charge on any atom is 0.194 e. The Morgan fingerprint density at radius 2 is 2.12 bits per heavy atom. The van der Waals surface area contributed by atoms with Crippen molar-refractivity contribution in [1.29, 1.82) is 5.26 Å². The van der Waals surface area contributed by atoms with E-state index >= 15 is 0 Å². The number of hydrogen-bond acceptors (Lipinski definition) is 3. The molecule has 1 aliphatic rings. The minimum atomic E-state index is -0.385. The minimum absolute atomic E-state index is 0. The van der Waals surface area contributed by atoms with Crippen LogP contribution in [-0.4, -0.2) is 43.2 Å². The molecule has 1 fully saturated rings. The van der Waals surface area contributed by atoms with Gasteiger partial charge in [0.1, 0.15) is 5.82 Å². The molecule has 1 N–H and O–H groups in total. The highest BCUT2D eigenvalue weighted by Crippen LogP contribution is 2.15. The Morgan fingerprint density at radius 3 is 2.68 bits per heavy atom. The van der Waals surface area contributed by atoms with Gasteiger partial charge in [-0.1, -0.05) is 6.07 Å². The molecule has 0 spiro atoms. The summed E-state index contributed by atoms with van der Waals surface area (Å²) in [5.41, 5.74) is 0.818. The number of hydrogen-bond donors (Lipinski definition) is 1. The number of nitrogens with one attached hydrogen (secondary N) is 1. The van der Waals surface area contributed by atoms with Crippen molar-refractivity contribution in [3.05, 3.63) is 35.1 Å². The molecule has 138 valence electrons. The lowest BCUT2D eigenvalue weighted by Crippen LogP contribution is -2.47. The van der Waals surface area contributed by atoms with E-state index in [1.165, 1.54) is 6.07 Å². The fourth-order valence-corrected chi connectivity index (χ4v) is 2.80. The molecule has 7 heteroatoms. The predicted molar refractivity (Wildman–Crippen MR) is 108 cm³/mol. The SMILES string of the molecule is CCNC(=NCc1ccc(C#N)cc1F)N1CCC(OCC)CC1.I. The lowest BCUT2D eigenvalue weighted by Gasteiger charge is -2.34. The molecule has 0 unspecified atom stereocenters. The van der Waals surface area contributed by atoms with Crippen molar-refractivity contribution < 1.29 is 9.13 Å². The number of ether oxygens (including phenoxy) is 1. The molecule has 0 aromatic heterocycles. The van der Waals surface area contributed by atoms with Gasteiger partial charge in [0.2, 0.25) is 0 Å². The Kier molecular flexibility index (Phi) is 9.75. The van der Waals surface area contributed by atoms with E-state index < -0.39 is 0 Å². The van der Waals surface area contributed by atoms with E-state index in [-0.39, 0.29) is 36.3 Å². The Hall–Kier alpha value is -1.40. The molecular weight excluding hydrogens is 434 g/mol. The first-order valence-corrected chi connectivity index (χ1v) is 8.51. The van der Waals surface area contributed by atoms with Crippen LogP contribution in [0.3, 0.4) is 0 Å². The van der Waals surface area contributed by atoms with Gasteiger partial charge in [-0.15, -0.1) is 24.0 Å². The first kappa shape index (κ1) is 21.6. The third-order valence-corrected chi connectivity index (χ3v) is 4.06. The molecule has 0 atom stereocenters. The van der Waals surface area contributed by atoms with Crippen molar-refractivity contribution in [3.63, 3.8) is 0 Å². The molecule has 0 bridgehead atoms. The smallest absolute Gasteiger partial charge is 0.194 e. The van der Waals surface area contributed by atoms with Crippen LogP contribution in [0.25, 0.3) is 0 Å². The van der Waals surface area contributed by atoms with Crippen molar-refractivity contribution in [2.24, 2.45) is 4.99 Å². The topological polar surface area (TPSA) is 60.7 Å². The van der Waals surface area contributed by atoms with Gasteiger partial charge < -0.3 is 15.0 Å². The summed E-state index contributed by atoms with van der Waals surface area (Å²) in [4.78, 5) is 6.76. The van der Waals surface area contributed by atoms with Gasteiger partial charge in [0.05, 0.1) is 24.3 Å². The summed E-state index contributed by atoms with van der Waals surface area (Å²) in [6.07, 6.45) is 2.28. The predicted octanol–water partition coefficient (Wildman–Crippen LogP) is 3.28. The molecule has 1 aliphatic heterocycles. The summed E-state index contributed by atoms with van der Waals surface area (Å²) >= 11 is 0. The summed E-state index contributed by atoms with van der Waals surface area (Å²) < 4.78 is 19.7. The number of halogens is 2. The van der Waals surface area contributed by atoms with Gasteiger partial charge in [-0.05, 0) is 38.8 Å². The highest BCUT2D eigenvalue weighted by atomic mass is 127. The van der Waals surface area contributed by atoms with E-state index in [9.17, 15) is 4.39 Å². The summed E-state index contributed by atoms with van der Waals surface area (Å²) in [5, 5.41) is 12.1. The van der Waals surface area contributed by atoms with E-state index in [2.05, 4.69) is 15.2 Å². The zero-order chi connectivity index (χ0) is 17.4. The zero-order valence-corrected chi connectivity index (χ0v) is 17.1. The number of benzene rings is 1. The summed E-state index contributed by atoms with van der Waals surface area (Å²) in [7, 11) is 0. The number of likely N-dealkylation sites (tertiary alicyclic amines) is 1. The standard InChI is InChI=1S/C18H25FN4O.HI/c1-3-21-18(23-9-7-16(8-10-23)24-4-2)22-13-15-6-5-14(12-20)11-17(15)19;/h5-6,11,16H,3-4,7-10,13H2,1-2H3,(H,21,22);1H. The first-order chi connectivity index (χ1) is 11.7. The van der Waals surface area contributed by atoms with Gasteiger partial charge in [0, 0.05) is 31.8 Å². The third-order valence-electron chi connectivity index (χ3n) is 4.06. The summed E-state index contributed by atoms with van der Waals surface area (Å²) in [5.74, 6) is 0.417. The zero-order valence-electron chi connectivity index (χ0n) is 14.8. The Labute approximate surface area is 166 Å². The van der Waals surface area contributed by atoms with Gasteiger partial charge in [-0.2, -0.15) is 5.26 Å². The second kappa shape index (κ2) is 11.3. The van der Waals surface area contributed by atoms with Crippen molar-refractivity contribution in [2.45, 2.75) is 39.3 Å². The van der Waals surface area contributed by atoms with Crippen LogP contribution in [0.5, 0.6) is 0 Å². The molecule has 1 aromatic carbocycles.